The summed E-state index contributed by atoms with van der Waals surface area (Å²) in [6.45, 7) is 1.44. The molecule has 0 spiro atoms. The highest BCUT2D eigenvalue weighted by atomic mass is 79.9. The average molecular weight is 753 g/mol. The Hall–Kier alpha value is -3.86. The van der Waals surface area contributed by atoms with Crippen LogP contribution in [0.5, 0.6) is 5.75 Å². The molecule has 1 aliphatic rings. The third-order valence-electron chi connectivity index (χ3n) is 8.55. The summed E-state index contributed by atoms with van der Waals surface area (Å²) in [5.41, 5.74) is 2.89. The van der Waals surface area contributed by atoms with E-state index >= 15 is 0 Å². The van der Waals surface area contributed by atoms with Gasteiger partial charge in [-0.2, -0.15) is 0 Å². The summed E-state index contributed by atoms with van der Waals surface area (Å²) in [4.78, 5) is 30.3. The van der Waals surface area contributed by atoms with Crippen LogP contribution in [0.25, 0.3) is 0 Å². The summed E-state index contributed by atoms with van der Waals surface area (Å²) in [7, 11) is -2.77. The van der Waals surface area contributed by atoms with Crippen LogP contribution in [0.15, 0.2) is 106 Å². The van der Waals surface area contributed by atoms with Crippen molar-refractivity contribution in [2.45, 2.75) is 62.6 Å². The molecule has 1 N–H and O–H groups in total. The fourth-order valence-corrected chi connectivity index (χ4v) is 8.14. The van der Waals surface area contributed by atoms with Gasteiger partial charge < -0.3 is 15.0 Å². The van der Waals surface area contributed by atoms with E-state index < -0.39 is 28.5 Å². The lowest BCUT2D eigenvalue weighted by molar-refractivity contribution is -0.140. The van der Waals surface area contributed by atoms with Gasteiger partial charge in [0.05, 0.1) is 22.2 Å². The Morgan fingerprint density at radius 1 is 0.938 bits per heavy atom. The van der Waals surface area contributed by atoms with Gasteiger partial charge in [-0.15, -0.1) is 0 Å². The number of sulfonamides is 1. The molecule has 0 radical (unpaired) electrons. The molecule has 0 bridgehead atoms. The van der Waals surface area contributed by atoms with Crippen LogP contribution in [0.1, 0.15) is 42.4 Å². The molecule has 0 heterocycles. The Balaban J connectivity index is 1.57. The minimum Gasteiger partial charge on any atom is -0.496 e. The number of halogens is 2. The number of nitrogens with one attached hydrogen (secondary N) is 1. The van der Waals surface area contributed by atoms with Crippen LogP contribution in [0.4, 0.5) is 5.69 Å². The molecule has 11 heteroatoms. The number of ether oxygens (including phenoxy) is 1. The summed E-state index contributed by atoms with van der Waals surface area (Å²) in [5, 5.41) is 3.73. The van der Waals surface area contributed by atoms with Gasteiger partial charge in [0, 0.05) is 24.0 Å². The first kappa shape index (κ1) is 35.4. The second-order valence-electron chi connectivity index (χ2n) is 12.0. The highest BCUT2D eigenvalue weighted by Gasteiger charge is 2.35. The Morgan fingerprint density at radius 3 is 2.23 bits per heavy atom. The van der Waals surface area contributed by atoms with E-state index in [2.05, 4.69) is 21.2 Å². The third kappa shape index (κ3) is 8.78. The molecule has 5 rings (SSSR count). The minimum absolute atomic E-state index is 0.0207. The van der Waals surface area contributed by atoms with Crippen molar-refractivity contribution in [2.75, 3.05) is 18.0 Å². The highest BCUT2D eigenvalue weighted by molar-refractivity contribution is 9.10. The van der Waals surface area contributed by atoms with Gasteiger partial charge in [0.1, 0.15) is 18.3 Å². The lowest BCUT2D eigenvalue weighted by atomic mass is 10.0. The van der Waals surface area contributed by atoms with Gasteiger partial charge in [0.15, 0.2) is 0 Å². The molecule has 1 fully saturated rings. The molecule has 1 saturated carbocycles. The highest BCUT2D eigenvalue weighted by Crippen LogP contribution is 2.31. The van der Waals surface area contributed by atoms with Crippen molar-refractivity contribution in [3.8, 4) is 5.75 Å². The Morgan fingerprint density at radius 2 is 1.60 bits per heavy atom. The zero-order valence-corrected chi connectivity index (χ0v) is 30.1. The van der Waals surface area contributed by atoms with Crippen LogP contribution in [-0.4, -0.2) is 50.9 Å². The van der Waals surface area contributed by atoms with E-state index in [-0.39, 0.29) is 29.8 Å². The zero-order valence-electron chi connectivity index (χ0n) is 26.9. The molecular formula is C37H39BrClN3O5S. The van der Waals surface area contributed by atoms with Crippen LogP contribution < -0.4 is 14.4 Å². The fourth-order valence-electron chi connectivity index (χ4n) is 5.88. The summed E-state index contributed by atoms with van der Waals surface area (Å²) in [6, 6.07) is 27.1. The fraction of sp³-hybridized carbons (Fsp3) is 0.297. The van der Waals surface area contributed by atoms with Crippen molar-refractivity contribution in [3.63, 3.8) is 0 Å². The van der Waals surface area contributed by atoms with E-state index in [9.17, 15) is 18.0 Å². The van der Waals surface area contributed by atoms with Crippen molar-refractivity contribution >= 4 is 55.1 Å². The standard InChI is InChI=1S/C37H39BrClN3O5S/c1-26-12-18-31(19-13-26)42(48(45,46)32-20-21-35(47-2)33(38)23-32)25-36(43)41(24-28-14-16-29(39)17-15-28)34(22-27-8-4-3-5-9-27)37(44)40-30-10-6-7-11-30/h3-5,8-9,12-21,23,30,34H,6-7,10-11,22,24-25H2,1-2H3,(H,40,44)/t34-/m0/s1. The van der Waals surface area contributed by atoms with E-state index in [4.69, 9.17) is 16.3 Å². The Kier molecular flexibility index (Phi) is 11.8. The second kappa shape index (κ2) is 16.0. The van der Waals surface area contributed by atoms with Crippen LogP contribution in [0, 0.1) is 6.92 Å². The molecule has 0 saturated heterocycles. The maximum Gasteiger partial charge on any atom is 0.264 e. The van der Waals surface area contributed by atoms with Crippen molar-refractivity contribution < 1.29 is 22.7 Å². The Bertz CT molecular complexity index is 1820. The summed E-state index contributed by atoms with van der Waals surface area (Å²) in [5.74, 6) is -0.320. The molecule has 1 atom stereocenters. The third-order valence-corrected chi connectivity index (χ3v) is 11.2. The smallest absolute Gasteiger partial charge is 0.264 e. The number of carbonyl (C=O) groups is 2. The molecule has 0 aliphatic heterocycles. The lowest BCUT2D eigenvalue weighted by Gasteiger charge is -2.34. The molecule has 0 unspecified atom stereocenters. The van der Waals surface area contributed by atoms with E-state index in [1.165, 1.54) is 24.1 Å². The maximum atomic E-state index is 14.7. The topological polar surface area (TPSA) is 96.0 Å². The summed E-state index contributed by atoms with van der Waals surface area (Å²) in [6.07, 6.45) is 4.08. The normalized spacial score (nSPS) is 13.9. The molecule has 48 heavy (non-hydrogen) atoms. The largest absolute Gasteiger partial charge is 0.496 e. The molecule has 252 valence electrons. The monoisotopic (exact) mass is 751 g/mol. The van der Waals surface area contributed by atoms with E-state index in [1.54, 1.807) is 54.6 Å². The van der Waals surface area contributed by atoms with Crippen molar-refractivity contribution in [1.82, 2.24) is 10.2 Å². The van der Waals surface area contributed by atoms with Crippen molar-refractivity contribution in [3.05, 3.63) is 123 Å². The number of methoxy groups -OCH3 is 1. The predicted octanol–water partition coefficient (Wildman–Crippen LogP) is 7.31. The van der Waals surface area contributed by atoms with Crippen LogP contribution in [0.2, 0.25) is 5.02 Å². The first-order chi connectivity index (χ1) is 23.0. The molecule has 4 aromatic rings. The van der Waals surface area contributed by atoms with Gasteiger partial charge >= 0.3 is 0 Å². The number of aryl methyl sites for hydroxylation is 1. The molecule has 4 aromatic carbocycles. The number of amides is 2. The van der Waals surface area contributed by atoms with Gasteiger partial charge in [0.25, 0.3) is 10.0 Å². The minimum atomic E-state index is -4.26. The molecule has 8 nitrogen and oxygen atoms in total. The van der Waals surface area contributed by atoms with Crippen LogP contribution in [0.3, 0.4) is 0 Å². The number of hydrogen-bond acceptors (Lipinski definition) is 5. The quantitative estimate of drug-likeness (QED) is 0.155. The molecule has 2 amide bonds. The summed E-state index contributed by atoms with van der Waals surface area (Å²) < 4.78 is 35.6. The first-order valence-electron chi connectivity index (χ1n) is 15.9. The molecular weight excluding hydrogens is 714 g/mol. The molecule has 1 aliphatic carbocycles. The molecule has 0 aromatic heterocycles. The number of hydrogen-bond donors (Lipinski definition) is 1. The number of carbonyl (C=O) groups excluding carboxylic acids is 2. The van der Waals surface area contributed by atoms with Gasteiger partial charge in [-0.1, -0.05) is 84.6 Å². The second-order valence-corrected chi connectivity index (χ2v) is 15.1. The SMILES string of the molecule is COc1ccc(S(=O)(=O)N(CC(=O)N(Cc2ccc(Cl)cc2)[C@@H](Cc2ccccc2)C(=O)NC2CCCC2)c2ccc(C)cc2)cc1Br. The van der Waals surface area contributed by atoms with Gasteiger partial charge in [0.2, 0.25) is 11.8 Å². The van der Waals surface area contributed by atoms with E-state index in [0.717, 1.165) is 46.7 Å². The van der Waals surface area contributed by atoms with Gasteiger partial charge in [-0.05, 0) is 89.3 Å². The predicted molar refractivity (Wildman–Crippen MR) is 193 cm³/mol. The van der Waals surface area contributed by atoms with Gasteiger partial charge in [-0.3, -0.25) is 13.9 Å². The van der Waals surface area contributed by atoms with Gasteiger partial charge in [-0.25, -0.2) is 8.42 Å². The zero-order chi connectivity index (χ0) is 34.3. The number of benzene rings is 4. The number of nitrogens with zero attached hydrogens (tertiary/aromatic N) is 2. The van der Waals surface area contributed by atoms with E-state index in [0.29, 0.717) is 20.9 Å². The van der Waals surface area contributed by atoms with Crippen molar-refractivity contribution in [2.24, 2.45) is 0 Å². The average Bonchev–Trinajstić information content (AvgIpc) is 3.60. The summed E-state index contributed by atoms with van der Waals surface area (Å²) >= 11 is 9.58. The van der Waals surface area contributed by atoms with E-state index in [1.807, 2.05) is 37.3 Å². The number of anilines is 1. The maximum absolute atomic E-state index is 14.7. The first-order valence-corrected chi connectivity index (χ1v) is 18.5. The van der Waals surface area contributed by atoms with Crippen molar-refractivity contribution in [1.29, 1.82) is 0 Å². The van der Waals surface area contributed by atoms with Crippen LogP contribution >= 0.6 is 27.5 Å². The van der Waals surface area contributed by atoms with Crippen LogP contribution in [-0.2, 0) is 32.6 Å². The Labute approximate surface area is 296 Å². The number of rotatable bonds is 13. The lowest BCUT2D eigenvalue weighted by Crippen LogP contribution is -2.54.